The third-order valence-electron chi connectivity index (χ3n) is 4.66. The minimum atomic E-state index is -4.29. The van der Waals surface area contributed by atoms with Crippen molar-refractivity contribution in [2.75, 3.05) is 5.75 Å². The molecule has 0 heterocycles. The fraction of sp³-hybridized carbons (Fsp3) is 0.529. The van der Waals surface area contributed by atoms with E-state index in [-0.39, 0.29) is 22.1 Å². The van der Waals surface area contributed by atoms with Gasteiger partial charge >= 0.3 is 0 Å². The van der Waals surface area contributed by atoms with Crippen LogP contribution in [-0.4, -0.2) is 30.4 Å². The molecule has 2 rings (SSSR count). The predicted octanol–water partition coefficient (Wildman–Crippen LogP) is 3.61. The molecule has 3 N–H and O–H groups in total. The Morgan fingerprint density at radius 2 is 1.85 bits per heavy atom. The van der Waals surface area contributed by atoms with Gasteiger partial charge in [0, 0.05) is 6.42 Å². The number of ketones is 1. The molecule has 1 aromatic carbocycles. The van der Waals surface area contributed by atoms with E-state index in [0.717, 1.165) is 31.2 Å². The molecular weight excluding hydrogens is 401 g/mol. The first kappa shape index (κ1) is 21.2. The van der Waals surface area contributed by atoms with Crippen LogP contribution in [0.5, 0.6) is 0 Å². The van der Waals surface area contributed by atoms with Crippen LogP contribution in [0.25, 0.3) is 0 Å². The maximum atomic E-state index is 12.2. The number of nitrogens with two attached hydrogens (primary N) is 1. The maximum Gasteiger partial charge on any atom is 0.265 e. The van der Waals surface area contributed by atoms with Crippen LogP contribution in [0.15, 0.2) is 12.1 Å². The second kappa shape index (κ2) is 8.69. The smallest absolute Gasteiger partial charge is 0.265 e. The first-order valence-electron chi connectivity index (χ1n) is 8.36. The highest BCUT2D eigenvalue weighted by Gasteiger charge is 2.28. The topological polar surface area (TPSA) is 115 Å². The summed E-state index contributed by atoms with van der Waals surface area (Å²) >= 11 is 12.6. The number of halogens is 2. The van der Waals surface area contributed by atoms with Crippen molar-refractivity contribution >= 4 is 45.0 Å². The summed E-state index contributed by atoms with van der Waals surface area (Å²) in [6.07, 6.45) is 4.79. The van der Waals surface area contributed by atoms with Crippen LogP contribution in [0.3, 0.4) is 0 Å². The van der Waals surface area contributed by atoms with Gasteiger partial charge in [0.25, 0.3) is 16.0 Å². The number of primary amides is 1. The first-order chi connectivity index (χ1) is 12.1. The van der Waals surface area contributed by atoms with Crippen molar-refractivity contribution in [2.45, 2.75) is 49.8 Å². The number of rotatable bonds is 7. The molecule has 0 saturated heterocycles. The molecule has 0 aromatic heterocycles. The molecule has 26 heavy (non-hydrogen) atoms. The summed E-state index contributed by atoms with van der Waals surface area (Å²) in [6, 6.07) is 3.31. The van der Waals surface area contributed by atoms with Crippen molar-refractivity contribution in [1.29, 1.82) is 0 Å². The Morgan fingerprint density at radius 3 is 2.38 bits per heavy atom. The second-order valence-corrected chi connectivity index (χ2v) is 8.88. The number of hydrogen-bond acceptors (Lipinski definition) is 4. The van der Waals surface area contributed by atoms with E-state index in [0.29, 0.717) is 0 Å². The van der Waals surface area contributed by atoms with E-state index in [9.17, 15) is 18.0 Å². The number of Topliss-reactive ketones (excluding diaryl/α,β-unsaturated/α-hetero) is 1. The largest absolute Gasteiger partial charge is 0.366 e. The Hall–Kier alpha value is -1.15. The van der Waals surface area contributed by atoms with Crippen LogP contribution in [0.1, 0.15) is 71.3 Å². The predicted molar refractivity (Wildman–Crippen MR) is 100 cm³/mol. The van der Waals surface area contributed by atoms with E-state index in [4.69, 9.17) is 33.5 Å². The number of alkyl halides is 1. The molecule has 0 bridgehead atoms. The normalized spacial score (nSPS) is 17.0. The first-order valence-corrected chi connectivity index (χ1v) is 10.8. The van der Waals surface area contributed by atoms with Gasteiger partial charge in [-0.1, -0.05) is 43.0 Å². The van der Waals surface area contributed by atoms with Crippen LogP contribution < -0.4 is 5.73 Å². The fourth-order valence-electron chi connectivity index (χ4n) is 3.33. The van der Waals surface area contributed by atoms with E-state index in [2.05, 4.69) is 0 Å². The molecule has 1 aromatic rings. The number of benzene rings is 1. The number of amides is 1. The van der Waals surface area contributed by atoms with E-state index in [1.54, 1.807) is 12.1 Å². The zero-order chi connectivity index (χ0) is 19.5. The van der Waals surface area contributed by atoms with Crippen LogP contribution in [0.4, 0.5) is 0 Å². The highest BCUT2D eigenvalue weighted by Crippen LogP contribution is 2.40. The molecule has 1 atom stereocenters. The summed E-state index contributed by atoms with van der Waals surface area (Å²) in [5, 5.41) is -1.08. The van der Waals surface area contributed by atoms with Crippen molar-refractivity contribution in [1.82, 2.24) is 0 Å². The van der Waals surface area contributed by atoms with Gasteiger partial charge in [-0.05, 0) is 29.9 Å². The van der Waals surface area contributed by atoms with E-state index in [1.807, 2.05) is 0 Å². The monoisotopic (exact) mass is 421 g/mol. The Labute approximate surface area is 162 Å². The lowest BCUT2D eigenvalue weighted by atomic mass is 9.82. The summed E-state index contributed by atoms with van der Waals surface area (Å²) in [5.74, 6) is -1.95. The number of carbonyl (C=O) groups excluding carboxylic acids is 2. The van der Waals surface area contributed by atoms with E-state index >= 15 is 0 Å². The number of hydrogen-bond donors (Lipinski definition) is 2. The van der Waals surface area contributed by atoms with Gasteiger partial charge in [-0.2, -0.15) is 8.42 Å². The lowest BCUT2D eigenvalue weighted by molar-refractivity contribution is -0.118. The molecule has 1 unspecified atom stereocenters. The van der Waals surface area contributed by atoms with Crippen molar-refractivity contribution in [3.05, 3.63) is 33.8 Å². The third kappa shape index (κ3) is 5.19. The van der Waals surface area contributed by atoms with Crippen molar-refractivity contribution in [2.24, 2.45) is 5.73 Å². The average Bonchev–Trinajstić information content (AvgIpc) is 2.58. The Balaban J connectivity index is 2.34. The fourth-order valence-corrected chi connectivity index (χ4v) is 4.50. The zero-order valence-electron chi connectivity index (χ0n) is 14.1. The van der Waals surface area contributed by atoms with Gasteiger partial charge in [0.15, 0.2) is 5.78 Å². The zero-order valence-corrected chi connectivity index (χ0v) is 16.4. The molecule has 6 nitrogen and oxygen atoms in total. The lowest BCUT2D eigenvalue weighted by Crippen LogP contribution is -2.20. The van der Waals surface area contributed by atoms with Crippen LogP contribution in [0.2, 0.25) is 5.02 Å². The van der Waals surface area contributed by atoms with Gasteiger partial charge < -0.3 is 5.73 Å². The maximum absolute atomic E-state index is 12.2. The molecule has 0 aliphatic heterocycles. The summed E-state index contributed by atoms with van der Waals surface area (Å²) in [7, 11) is -4.29. The second-order valence-electron chi connectivity index (χ2n) is 6.50. The molecule has 1 fully saturated rings. The summed E-state index contributed by atoms with van der Waals surface area (Å²) in [4.78, 5) is 24.1. The average molecular weight is 422 g/mol. The van der Waals surface area contributed by atoms with Crippen LogP contribution in [-0.2, 0) is 14.9 Å². The van der Waals surface area contributed by atoms with Gasteiger partial charge in [0.05, 0.1) is 16.3 Å². The summed E-state index contributed by atoms with van der Waals surface area (Å²) in [5.41, 5.74) is 6.44. The Kier molecular flexibility index (Phi) is 7.07. The molecule has 144 valence electrons. The highest BCUT2D eigenvalue weighted by atomic mass is 35.5. The molecule has 1 aliphatic carbocycles. The van der Waals surface area contributed by atoms with Crippen molar-refractivity contribution in [3.8, 4) is 0 Å². The molecule has 1 saturated carbocycles. The quantitative estimate of drug-likeness (QED) is 0.515. The van der Waals surface area contributed by atoms with Crippen molar-refractivity contribution < 1.29 is 22.6 Å². The summed E-state index contributed by atoms with van der Waals surface area (Å²) < 4.78 is 30.4. The van der Waals surface area contributed by atoms with Gasteiger partial charge in [-0.3, -0.25) is 14.1 Å². The Morgan fingerprint density at radius 1 is 1.23 bits per heavy atom. The van der Waals surface area contributed by atoms with Gasteiger partial charge in [0.2, 0.25) is 0 Å². The van der Waals surface area contributed by atoms with Gasteiger partial charge in [0.1, 0.15) is 5.38 Å². The van der Waals surface area contributed by atoms with Crippen LogP contribution in [0, 0.1) is 0 Å². The van der Waals surface area contributed by atoms with E-state index < -0.39 is 39.4 Å². The minimum Gasteiger partial charge on any atom is -0.366 e. The standard InChI is InChI=1S/C17H21Cl2NO5S/c18-15(13(21)8-9-26(23,24)25)12-7-6-11(10-4-2-1-3-5-10)16(19)14(12)17(20)22/h6-7,10,15H,1-5,8-9H2,(H2,20,22)(H,23,24,25). The summed E-state index contributed by atoms with van der Waals surface area (Å²) in [6.45, 7) is 0. The molecule has 1 aliphatic rings. The highest BCUT2D eigenvalue weighted by molar-refractivity contribution is 7.85. The number of carbonyl (C=O) groups is 2. The van der Waals surface area contributed by atoms with Gasteiger partial charge in [-0.25, -0.2) is 0 Å². The molecule has 9 heteroatoms. The third-order valence-corrected chi connectivity index (χ3v) is 6.26. The minimum absolute atomic E-state index is 0.00468. The molecule has 1 amide bonds. The SMILES string of the molecule is NC(=O)c1c(C(Cl)C(=O)CCS(=O)(=O)O)ccc(C2CCCCC2)c1Cl. The van der Waals surface area contributed by atoms with Gasteiger partial charge in [-0.15, -0.1) is 11.6 Å². The van der Waals surface area contributed by atoms with Crippen molar-refractivity contribution in [3.63, 3.8) is 0 Å². The molecule has 0 radical (unpaired) electrons. The van der Waals surface area contributed by atoms with Crippen LogP contribution >= 0.6 is 23.2 Å². The lowest BCUT2D eigenvalue weighted by Gasteiger charge is -2.25. The molecule has 0 spiro atoms. The molecular formula is C17H21Cl2NO5S. The van der Waals surface area contributed by atoms with E-state index in [1.165, 1.54) is 6.42 Å². The Bertz CT molecular complexity index is 804.